The minimum Gasteiger partial charge on any atom is -0.336 e. The Hall–Kier alpha value is -3.30. The van der Waals surface area contributed by atoms with Crippen molar-refractivity contribution in [1.82, 2.24) is 20.1 Å². The molecule has 0 atom stereocenters. The van der Waals surface area contributed by atoms with E-state index in [1.54, 1.807) is 17.4 Å². The van der Waals surface area contributed by atoms with Crippen LogP contribution in [-0.4, -0.2) is 27.3 Å². The van der Waals surface area contributed by atoms with Crippen molar-refractivity contribution in [2.24, 2.45) is 0 Å². The average Bonchev–Trinajstić information content (AvgIpc) is 3.40. The highest BCUT2D eigenvalue weighted by molar-refractivity contribution is 7.18. The summed E-state index contributed by atoms with van der Waals surface area (Å²) in [5.74, 6) is 0. The summed E-state index contributed by atoms with van der Waals surface area (Å²) >= 11 is 2.98. The molecule has 0 radical (unpaired) electrons. The summed E-state index contributed by atoms with van der Waals surface area (Å²) in [7, 11) is 0. The lowest BCUT2D eigenvalue weighted by Crippen LogP contribution is -2.34. The number of anilines is 1. The van der Waals surface area contributed by atoms with Gasteiger partial charge in [-0.15, -0.1) is 22.7 Å². The van der Waals surface area contributed by atoms with Crippen LogP contribution in [-0.2, 0) is 6.54 Å². The predicted octanol–water partition coefficient (Wildman–Crippen LogP) is 4.23. The molecule has 0 spiro atoms. The van der Waals surface area contributed by atoms with Gasteiger partial charge >= 0.3 is 6.03 Å². The highest BCUT2D eigenvalue weighted by Gasteiger charge is 2.13. The van der Waals surface area contributed by atoms with Crippen LogP contribution < -0.4 is 16.2 Å². The van der Waals surface area contributed by atoms with Crippen molar-refractivity contribution in [3.63, 3.8) is 0 Å². The number of hydrogen-bond acceptors (Lipinski definition) is 6. The molecule has 0 fully saturated rings. The SMILES string of the molecule is Cc1nc(-c2ccccc2)sc1-c1ccc(=O)n(CCNC(=O)Nc2cccs2)n1. The van der Waals surface area contributed by atoms with Crippen LogP contribution in [0.3, 0.4) is 0 Å². The Kier molecular flexibility index (Phi) is 6.01. The standard InChI is InChI=1S/C21H19N5O2S2/c1-14-19(30-20(23-14)15-6-3-2-4-7-15)16-9-10-18(27)26(25-16)12-11-22-21(28)24-17-8-5-13-29-17/h2-10,13H,11-12H2,1H3,(H2,22,24,28). The molecule has 9 heteroatoms. The van der Waals surface area contributed by atoms with Crippen molar-refractivity contribution < 1.29 is 4.79 Å². The summed E-state index contributed by atoms with van der Waals surface area (Å²) in [5.41, 5.74) is 2.38. The second kappa shape index (κ2) is 9.02. The van der Waals surface area contributed by atoms with Gasteiger partial charge in [0.1, 0.15) is 10.7 Å². The van der Waals surface area contributed by atoms with E-state index in [2.05, 4.69) is 20.7 Å². The number of carbonyl (C=O) groups is 1. The Morgan fingerprint density at radius 2 is 1.93 bits per heavy atom. The van der Waals surface area contributed by atoms with E-state index in [0.717, 1.165) is 26.1 Å². The van der Waals surface area contributed by atoms with E-state index in [4.69, 9.17) is 0 Å². The molecule has 1 aromatic carbocycles. The summed E-state index contributed by atoms with van der Waals surface area (Å²) in [6.07, 6.45) is 0. The van der Waals surface area contributed by atoms with Crippen LogP contribution in [0.2, 0.25) is 0 Å². The lowest BCUT2D eigenvalue weighted by atomic mass is 10.2. The fourth-order valence-electron chi connectivity index (χ4n) is 2.85. The van der Waals surface area contributed by atoms with Gasteiger partial charge in [-0.25, -0.2) is 14.5 Å². The molecule has 3 heterocycles. The predicted molar refractivity (Wildman–Crippen MR) is 121 cm³/mol. The zero-order valence-corrected chi connectivity index (χ0v) is 17.8. The van der Waals surface area contributed by atoms with Gasteiger partial charge in [0.05, 0.1) is 22.1 Å². The van der Waals surface area contributed by atoms with Gasteiger partial charge in [0.2, 0.25) is 0 Å². The largest absolute Gasteiger partial charge is 0.336 e. The number of hydrogen-bond donors (Lipinski definition) is 2. The Bertz CT molecular complexity index is 1200. The first-order chi connectivity index (χ1) is 14.6. The first-order valence-corrected chi connectivity index (χ1v) is 11.0. The van der Waals surface area contributed by atoms with Gasteiger partial charge in [0, 0.05) is 18.2 Å². The van der Waals surface area contributed by atoms with Crippen molar-refractivity contribution in [3.05, 3.63) is 76.0 Å². The van der Waals surface area contributed by atoms with Gasteiger partial charge in [-0.1, -0.05) is 30.3 Å². The molecule has 0 unspecified atom stereocenters. The van der Waals surface area contributed by atoms with E-state index < -0.39 is 0 Å². The lowest BCUT2D eigenvalue weighted by Gasteiger charge is -2.08. The zero-order chi connectivity index (χ0) is 20.9. The molecular formula is C21H19N5O2S2. The van der Waals surface area contributed by atoms with Crippen LogP contribution in [0.1, 0.15) is 5.69 Å². The van der Waals surface area contributed by atoms with Gasteiger partial charge < -0.3 is 5.32 Å². The van der Waals surface area contributed by atoms with Crippen LogP contribution in [0, 0.1) is 6.92 Å². The molecule has 4 rings (SSSR count). The molecular weight excluding hydrogens is 418 g/mol. The maximum absolute atomic E-state index is 12.2. The first-order valence-electron chi connectivity index (χ1n) is 9.30. The number of thiazole rings is 1. The summed E-state index contributed by atoms with van der Waals surface area (Å²) in [5, 5.41) is 13.5. The molecule has 7 nitrogen and oxygen atoms in total. The third-order valence-corrected chi connectivity index (χ3v) is 6.30. The minimum absolute atomic E-state index is 0.218. The molecule has 0 saturated heterocycles. The third-order valence-electron chi connectivity index (χ3n) is 4.28. The first kappa shape index (κ1) is 20.0. The summed E-state index contributed by atoms with van der Waals surface area (Å²) in [4.78, 5) is 29.7. The Morgan fingerprint density at radius 1 is 1.10 bits per heavy atom. The van der Waals surface area contributed by atoms with E-state index in [9.17, 15) is 9.59 Å². The molecule has 0 saturated carbocycles. The van der Waals surface area contributed by atoms with Crippen LogP contribution in [0.15, 0.2) is 64.8 Å². The molecule has 30 heavy (non-hydrogen) atoms. The number of nitrogens with one attached hydrogen (secondary N) is 2. The number of carbonyl (C=O) groups excluding carboxylic acids is 1. The van der Waals surface area contributed by atoms with Crippen LogP contribution in [0.4, 0.5) is 9.80 Å². The maximum atomic E-state index is 12.2. The molecule has 152 valence electrons. The van der Waals surface area contributed by atoms with E-state index in [1.807, 2.05) is 54.8 Å². The Balaban J connectivity index is 1.46. The number of nitrogens with zero attached hydrogens (tertiary/aromatic N) is 3. The normalized spacial score (nSPS) is 10.7. The Labute approximate surface area is 181 Å². The van der Waals surface area contributed by atoms with E-state index in [-0.39, 0.29) is 24.7 Å². The minimum atomic E-state index is -0.313. The molecule has 0 aliphatic heterocycles. The molecule has 4 aromatic rings. The summed E-state index contributed by atoms with van der Waals surface area (Å²) in [6, 6.07) is 16.5. The lowest BCUT2D eigenvalue weighted by molar-refractivity contribution is 0.251. The molecule has 2 N–H and O–H groups in total. The van der Waals surface area contributed by atoms with Crippen LogP contribution in [0.5, 0.6) is 0 Å². The van der Waals surface area contributed by atoms with Gasteiger partial charge in [-0.3, -0.25) is 10.1 Å². The molecule has 0 aliphatic carbocycles. The quantitative estimate of drug-likeness (QED) is 0.473. The number of aryl methyl sites for hydroxylation is 1. The fourth-order valence-corrected chi connectivity index (χ4v) is 4.50. The van der Waals surface area contributed by atoms with Crippen molar-refractivity contribution >= 4 is 33.7 Å². The van der Waals surface area contributed by atoms with Gasteiger partial charge in [-0.05, 0) is 30.5 Å². The van der Waals surface area contributed by atoms with Gasteiger partial charge in [-0.2, -0.15) is 5.10 Å². The molecule has 2 amide bonds. The third kappa shape index (κ3) is 4.64. The van der Waals surface area contributed by atoms with Crippen LogP contribution >= 0.6 is 22.7 Å². The smallest absolute Gasteiger partial charge is 0.319 e. The number of thiophene rings is 1. The molecule has 3 aromatic heterocycles. The number of urea groups is 1. The van der Waals surface area contributed by atoms with Crippen molar-refractivity contribution in [2.45, 2.75) is 13.5 Å². The average molecular weight is 438 g/mol. The highest BCUT2D eigenvalue weighted by atomic mass is 32.1. The van der Waals surface area contributed by atoms with Gasteiger partial charge in [0.25, 0.3) is 5.56 Å². The number of aromatic nitrogens is 3. The topological polar surface area (TPSA) is 88.9 Å². The van der Waals surface area contributed by atoms with Crippen molar-refractivity contribution in [1.29, 1.82) is 0 Å². The maximum Gasteiger partial charge on any atom is 0.319 e. The van der Waals surface area contributed by atoms with Crippen molar-refractivity contribution in [3.8, 4) is 21.1 Å². The second-order valence-electron chi connectivity index (χ2n) is 6.44. The number of amides is 2. The fraction of sp³-hybridized carbons (Fsp3) is 0.143. The zero-order valence-electron chi connectivity index (χ0n) is 16.2. The van der Waals surface area contributed by atoms with E-state index in [1.165, 1.54) is 22.1 Å². The summed E-state index contributed by atoms with van der Waals surface area (Å²) < 4.78 is 1.36. The molecule has 0 bridgehead atoms. The van der Waals surface area contributed by atoms with Gasteiger partial charge in [0.15, 0.2) is 0 Å². The monoisotopic (exact) mass is 437 g/mol. The van der Waals surface area contributed by atoms with E-state index >= 15 is 0 Å². The summed E-state index contributed by atoms with van der Waals surface area (Å²) in [6.45, 7) is 2.49. The van der Waals surface area contributed by atoms with Crippen LogP contribution in [0.25, 0.3) is 21.1 Å². The molecule has 0 aliphatic rings. The Morgan fingerprint density at radius 3 is 2.70 bits per heavy atom. The number of rotatable bonds is 6. The second-order valence-corrected chi connectivity index (χ2v) is 8.38. The number of benzene rings is 1. The van der Waals surface area contributed by atoms with E-state index in [0.29, 0.717) is 5.69 Å². The highest BCUT2D eigenvalue weighted by Crippen LogP contribution is 2.33. The van der Waals surface area contributed by atoms with Crippen molar-refractivity contribution in [2.75, 3.05) is 11.9 Å².